The first kappa shape index (κ1) is 12.4. The van der Waals surface area contributed by atoms with E-state index < -0.39 is 6.10 Å². The van der Waals surface area contributed by atoms with E-state index in [1.54, 1.807) is 30.6 Å². The summed E-state index contributed by atoms with van der Waals surface area (Å²) >= 11 is 11.8. The molecule has 0 saturated carbocycles. The van der Waals surface area contributed by atoms with E-state index in [0.717, 1.165) is 11.1 Å². The van der Waals surface area contributed by atoms with Crippen LogP contribution in [0.5, 0.6) is 0 Å². The molecule has 0 aliphatic rings. The number of hydrogen-bond acceptors (Lipinski definition) is 2. The van der Waals surface area contributed by atoms with Crippen molar-refractivity contribution in [3.05, 3.63) is 63.4 Å². The van der Waals surface area contributed by atoms with Crippen LogP contribution in [0.15, 0.2) is 36.7 Å². The lowest BCUT2D eigenvalue weighted by atomic mass is 10.00. The maximum atomic E-state index is 10.2. The molecule has 88 valence electrons. The van der Waals surface area contributed by atoms with Gasteiger partial charge in [0.15, 0.2) is 0 Å². The van der Waals surface area contributed by atoms with Crippen molar-refractivity contribution in [3.8, 4) is 0 Å². The van der Waals surface area contributed by atoms with E-state index in [4.69, 9.17) is 23.2 Å². The van der Waals surface area contributed by atoms with Crippen molar-refractivity contribution in [1.82, 2.24) is 4.98 Å². The summed E-state index contributed by atoms with van der Waals surface area (Å²) < 4.78 is 0. The molecule has 2 nitrogen and oxygen atoms in total. The van der Waals surface area contributed by atoms with E-state index in [-0.39, 0.29) is 0 Å². The fourth-order valence-electron chi connectivity index (χ4n) is 1.62. The first-order valence-corrected chi connectivity index (χ1v) is 5.88. The van der Waals surface area contributed by atoms with Gasteiger partial charge in [-0.1, -0.05) is 29.3 Å². The first-order chi connectivity index (χ1) is 8.09. The molecule has 1 unspecified atom stereocenters. The molecule has 4 heteroatoms. The molecule has 0 fully saturated rings. The molecule has 1 aromatic heterocycles. The highest BCUT2D eigenvalue weighted by atomic mass is 35.5. The van der Waals surface area contributed by atoms with Crippen LogP contribution in [-0.4, -0.2) is 10.1 Å². The average molecular weight is 268 g/mol. The smallest absolute Gasteiger partial charge is 0.106 e. The normalized spacial score (nSPS) is 12.5. The number of aryl methyl sites for hydroxylation is 1. The van der Waals surface area contributed by atoms with Gasteiger partial charge in [-0.15, -0.1) is 0 Å². The molecule has 0 aliphatic heterocycles. The van der Waals surface area contributed by atoms with Gasteiger partial charge in [0.25, 0.3) is 0 Å². The molecule has 0 spiro atoms. The van der Waals surface area contributed by atoms with Gasteiger partial charge in [-0.05, 0) is 36.2 Å². The molecule has 2 rings (SSSR count). The van der Waals surface area contributed by atoms with Gasteiger partial charge in [-0.3, -0.25) is 4.98 Å². The van der Waals surface area contributed by atoms with Crippen molar-refractivity contribution >= 4 is 23.2 Å². The van der Waals surface area contributed by atoms with Crippen LogP contribution < -0.4 is 0 Å². The Labute approximate surface area is 110 Å². The van der Waals surface area contributed by atoms with Crippen LogP contribution in [0.2, 0.25) is 10.0 Å². The minimum absolute atomic E-state index is 0.435. The summed E-state index contributed by atoms with van der Waals surface area (Å²) in [5.41, 5.74) is 2.46. The van der Waals surface area contributed by atoms with Crippen LogP contribution >= 0.6 is 23.2 Å². The highest BCUT2D eigenvalue weighted by Crippen LogP contribution is 2.29. The van der Waals surface area contributed by atoms with Gasteiger partial charge >= 0.3 is 0 Å². The quantitative estimate of drug-likeness (QED) is 0.899. The second kappa shape index (κ2) is 5.05. The zero-order valence-electron chi connectivity index (χ0n) is 9.19. The maximum absolute atomic E-state index is 10.2. The predicted molar refractivity (Wildman–Crippen MR) is 69.5 cm³/mol. The summed E-state index contributed by atoms with van der Waals surface area (Å²) in [6.07, 6.45) is 2.61. The average Bonchev–Trinajstić information content (AvgIpc) is 2.32. The molecule has 2 aromatic rings. The van der Waals surface area contributed by atoms with Crippen LogP contribution in [0.4, 0.5) is 0 Å². The molecule has 0 amide bonds. The number of aliphatic hydroxyl groups excluding tert-OH is 1. The fraction of sp³-hybridized carbons (Fsp3) is 0.154. The predicted octanol–water partition coefficient (Wildman–Crippen LogP) is 3.78. The Kier molecular flexibility index (Phi) is 3.67. The largest absolute Gasteiger partial charge is 0.384 e. The van der Waals surface area contributed by atoms with Gasteiger partial charge in [0.2, 0.25) is 0 Å². The van der Waals surface area contributed by atoms with Crippen LogP contribution in [-0.2, 0) is 0 Å². The van der Waals surface area contributed by atoms with Crippen molar-refractivity contribution in [3.63, 3.8) is 0 Å². The number of benzene rings is 1. The van der Waals surface area contributed by atoms with E-state index in [2.05, 4.69) is 4.98 Å². The zero-order valence-corrected chi connectivity index (χ0v) is 10.7. The van der Waals surface area contributed by atoms with Crippen molar-refractivity contribution in [2.45, 2.75) is 13.0 Å². The summed E-state index contributed by atoms with van der Waals surface area (Å²) in [4.78, 5) is 4.01. The Morgan fingerprint density at radius 1 is 1.18 bits per heavy atom. The number of aromatic nitrogens is 1. The highest BCUT2D eigenvalue weighted by Gasteiger charge is 2.14. The van der Waals surface area contributed by atoms with Gasteiger partial charge in [0, 0.05) is 18.0 Å². The summed E-state index contributed by atoms with van der Waals surface area (Å²) in [7, 11) is 0. The molecule has 1 N–H and O–H groups in total. The Morgan fingerprint density at radius 2 is 1.94 bits per heavy atom. The number of halogens is 2. The van der Waals surface area contributed by atoms with Crippen LogP contribution in [0.25, 0.3) is 0 Å². The Hall–Kier alpha value is -1.09. The summed E-state index contributed by atoms with van der Waals surface area (Å²) in [6.45, 7) is 1.93. The number of pyridine rings is 1. The second-order valence-electron chi connectivity index (χ2n) is 3.81. The molecule has 0 radical (unpaired) electrons. The SMILES string of the molecule is Cc1ccncc1C(O)c1ccc(Cl)c(Cl)c1. The van der Waals surface area contributed by atoms with Gasteiger partial charge in [0.1, 0.15) is 6.10 Å². The molecule has 1 heterocycles. The number of aliphatic hydroxyl groups is 1. The summed E-state index contributed by atoms with van der Waals surface area (Å²) in [5, 5.41) is 11.2. The number of hydrogen-bond donors (Lipinski definition) is 1. The van der Waals surface area contributed by atoms with Crippen molar-refractivity contribution in [2.24, 2.45) is 0 Å². The molecule has 0 bridgehead atoms. The minimum Gasteiger partial charge on any atom is -0.384 e. The lowest BCUT2D eigenvalue weighted by Gasteiger charge is -2.14. The lowest BCUT2D eigenvalue weighted by molar-refractivity contribution is 0.219. The molecule has 17 heavy (non-hydrogen) atoms. The third-order valence-corrected chi connectivity index (χ3v) is 3.37. The van der Waals surface area contributed by atoms with Crippen LogP contribution in [0.1, 0.15) is 22.8 Å². The van der Waals surface area contributed by atoms with Crippen LogP contribution in [0.3, 0.4) is 0 Å². The Morgan fingerprint density at radius 3 is 2.59 bits per heavy atom. The second-order valence-corrected chi connectivity index (χ2v) is 4.62. The lowest BCUT2D eigenvalue weighted by Crippen LogP contribution is -2.02. The third-order valence-electron chi connectivity index (χ3n) is 2.63. The monoisotopic (exact) mass is 267 g/mol. The van der Waals surface area contributed by atoms with E-state index in [0.29, 0.717) is 15.6 Å². The fourth-order valence-corrected chi connectivity index (χ4v) is 1.93. The molecule has 1 aromatic carbocycles. The third kappa shape index (κ3) is 2.60. The van der Waals surface area contributed by atoms with Crippen molar-refractivity contribution < 1.29 is 5.11 Å². The van der Waals surface area contributed by atoms with E-state index in [1.165, 1.54) is 0 Å². The van der Waals surface area contributed by atoms with Gasteiger partial charge in [-0.2, -0.15) is 0 Å². The zero-order chi connectivity index (χ0) is 12.4. The van der Waals surface area contributed by atoms with Gasteiger partial charge in [0.05, 0.1) is 10.0 Å². The van der Waals surface area contributed by atoms with Gasteiger partial charge < -0.3 is 5.11 Å². The van der Waals surface area contributed by atoms with Crippen molar-refractivity contribution in [1.29, 1.82) is 0 Å². The number of rotatable bonds is 2. The first-order valence-electron chi connectivity index (χ1n) is 5.13. The molecule has 1 atom stereocenters. The molecular formula is C13H11Cl2NO. The topological polar surface area (TPSA) is 33.1 Å². The summed E-state index contributed by atoms with van der Waals surface area (Å²) in [6, 6.07) is 6.95. The molecular weight excluding hydrogens is 257 g/mol. The van der Waals surface area contributed by atoms with Crippen molar-refractivity contribution in [2.75, 3.05) is 0 Å². The highest BCUT2D eigenvalue weighted by molar-refractivity contribution is 6.42. The minimum atomic E-state index is -0.738. The Bertz CT molecular complexity index is 543. The maximum Gasteiger partial charge on any atom is 0.106 e. The standard InChI is InChI=1S/C13H11Cl2NO/c1-8-4-5-16-7-10(8)13(17)9-2-3-11(14)12(15)6-9/h2-7,13,17H,1H3. The van der Waals surface area contributed by atoms with Crippen LogP contribution in [0, 0.1) is 6.92 Å². The molecule has 0 aliphatic carbocycles. The van der Waals surface area contributed by atoms with E-state index in [9.17, 15) is 5.11 Å². The van der Waals surface area contributed by atoms with E-state index >= 15 is 0 Å². The molecule has 0 saturated heterocycles. The number of nitrogens with zero attached hydrogens (tertiary/aromatic N) is 1. The van der Waals surface area contributed by atoms with E-state index in [1.807, 2.05) is 13.0 Å². The van der Waals surface area contributed by atoms with Gasteiger partial charge in [-0.25, -0.2) is 0 Å². The summed E-state index contributed by atoms with van der Waals surface area (Å²) in [5.74, 6) is 0. The Balaban J connectivity index is 2.40.